The molecule has 1 aromatic carbocycles. The van der Waals surface area contributed by atoms with Gasteiger partial charge in [0, 0.05) is 20.9 Å². The summed E-state index contributed by atoms with van der Waals surface area (Å²) in [6.45, 7) is 4.23. The Hall–Kier alpha value is -2.19. The van der Waals surface area contributed by atoms with E-state index in [1.165, 1.54) is 6.07 Å². The second kappa shape index (κ2) is 8.46. The van der Waals surface area contributed by atoms with Crippen molar-refractivity contribution in [1.29, 1.82) is 0 Å². The number of benzene rings is 1. The number of hydrogen-bond acceptors (Lipinski definition) is 4. The lowest BCUT2D eigenvalue weighted by molar-refractivity contribution is -0.176. The molecule has 0 saturated heterocycles. The van der Waals surface area contributed by atoms with Crippen LogP contribution in [0, 0.1) is 13.8 Å². The predicted molar refractivity (Wildman–Crippen MR) is 95.6 cm³/mol. The van der Waals surface area contributed by atoms with E-state index in [9.17, 15) is 18.0 Å². The average molecular weight is 384 g/mol. The molecule has 0 atom stereocenters. The second-order valence-corrected chi connectivity index (χ2v) is 7.23. The third kappa shape index (κ3) is 5.96. The van der Waals surface area contributed by atoms with Gasteiger partial charge in [0.25, 0.3) is 5.91 Å². The molecule has 140 valence electrons. The minimum absolute atomic E-state index is 0.226. The Balaban J connectivity index is 2.00. The molecule has 0 radical (unpaired) electrons. The first-order chi connectivity index (χ1) is 12.2. The molecule has 0 bridgehead atoms. The molecule has 0 spiro atoms. The first kappa shape index (κ1) is 20.1. The van der Waals surface area contributed by atoms with Crippen LogP contribution < -0.4 is 5.43 Å². The Bertz CT molecular complexity index is 813. The molecule has 1 heterocycles. The smallest absolute Gasteiger partial charge is 0.367 e. The van der Waals surface area contributed by atoms with Crippen molar-refractivity contribution in [1.82, 2.24) is 5.43 Å². The van der Waals surface area contributed by atoms with Crippen molar-refractivity contribution in [3.8, 4) is 0 Å². The van der Waals surface area contributed by atoms with E-state index >= 15 is 0 Å². The zero-order chi connectivity index (χ0) is 19.3. The number of nitrogens with zero attached hydrogens (tertiary/aromatic N) is 1. The van der Waals surface area contributed by atoms with Crippen LogP contribution in [0.25, 0.3) is 0 Å². The standard InChI is InChI=1S/C18H19F3N2O2S/c1-11-7-16(13(3)26-11)12(2)22-23-17(24)15-6-4-5-14(8-15)9-25-10-18(19,20)21/h4-8H,9-10H2,1-3H3,(H,23,24)/b22-12-. The minimum atomic E-state index is -4.38. The second-order valence-electron chi connectivity index (χ2n) is 5.77. The van der Waals surface area contributed by atoms with E-state index in [0.717, 1.165) is 15.3 Å². The van der Waals surface area contributed by atoms with Crippen LogP contribution in [0.3, 0.4) is 0 Å². The number of rotatable bonds is 6. The first-order valence-corrected chi connectivity index (χ1v) is 8.63. The fraction of sp³-hybridized carbons (Fsp3) is 0.333. The number of hydrazone groups is 1. The molecule has 2 aromatic rings. The van der Waals surface area contributed by atoms with E-state index in [2.05, 4.69) is 15.3 Å². The summed E-state index contributed by atoms with van der Waals surface area (Å²) in [7, 11) is 0. The summed E-state index contributed by atoms with van der Waals surface area (Å²) in [6.07, 6.45) is -4.38. The lowest BCUT2D eigenvalue weighted by Crippen LogP contribution is -2.20. The normalized spacial score (nSPS) is 12.3. The molecule has 0 saturated carbocycles. The summed E-state index contributed by atoms with van der Waals surface area (Å²) in [4.78, 5) is 14.5. The van der Waals surface area contributed by atoms with Crippen molar-refractivity contribution in [2.75, 3.05) is 6.61 Å². The summed E-state index contributed by atoms with van der Waals surface area (Å²) in [5, 5.41) is 4.11. The number of aryl methyl sites for hydroxylation is 2. The van der Waals surface area contributed by atoms with Crippen molar-refractivity contribution >= 4 is 23.0 Å². The number of carbonyl (C=O) groups is 1. The van der Waals surface area contributed by atoms with E-state index in [-0.39, 0.29) is 6.61 Å². The fourth-order valence-electron chi connectivity index (χ4n) is 2.34. The molecular weight excluding hydrogens is 365 g/mol. The minimum Gasteiger partial charge on any atom is -0.367 e. The highest BCUT2D eigenvalue weighted by atomic mass is 32.1. The lowest BCUT2D eigenvalue weighted by atomic mass is 10.1. The SMILES string of the molecule is C/C(=N/NC(=O)c1cccc(COCC(F)(F)F)c1)c1cc(C)sc1C. The number of ether oxygens (including phenoxy) is 1. The van der Waals surface area contributed by atoms with Gasteiger partial charge < -0.3 is 4.74 Å². The zero-order valence-corrected chi connectivity index (χ0v) is 15.4. The number of thiophene rings is 1. The molecular formula is C18H19F3N2O2S. The van der Waals surface area contributed by atoms with Gasteiger partial charge in [-0.15, -0.1) is 11.3 Å². The van der Waals surface area contributed by atoms with Gasteiger partial charge in [0.1, 0.15) is 6.61 Å². The molecule has 1 aromatic heterocycles. The van der Waals surface area contributed by atoms with Crippen LogP contribution in [0.2, 0.25) is 0 Å². The summed E-state index contributed by atoms with van der Waals surface area (Å²) in [6, 6.07) is 8.23. The maximum atomic E-state index is 12.2. The summed E-state index contributed by atoms with van der Waals surface area (Å²) in [5.74, 6) is -0.438. The van der Waals surface area contributed by atoms with Crippen LogP contribution >= 0.6 is 11.3 Å². The molecule has 4 nitrogen and oxygen atoms in total. The van der Waals surface area contributed by atoms with Gasteiger partial charge in [0.2, 0.25) is 0 Å². The topological polar surface area (TPSA) is 50.7 Å². The lowest BCUT2D eigenvalue weighted by Gasteiger charge is -2.08. The van der Waals surface area contributed by atoms with Gasteiger partial charge in [-0.1, -0.05) is 12.1 Å². The molecule has 2 rings (SSSR count). The van der Waals surface area contributed by atoms with Gasteiger partial charge in [-0.25, -0.2) is 5.43 Å². The van der Waals surface area contributed by atoms with E-state index in [0.29, 0.717) is 16.8 Å². The number of hydrogen-bond donors (Lipinski definition) is 1. The van der Waals surface area contributed by atoms with Crippen LogP contribution in [0.15, 0.2) is 35.4 Å². The zero-order valence-electron chi connectivity index (χ0n) is 14.6. The molecule has 1 amide bonds. The number of carbonyl (C=O) groups excluding carboxylic acids is 1. The van der Waals surface area contributed by atoms with E-state index < -0.39 is 18.7 Å². The highest BCUT2D eigenvalue weighted by molar-refractivity contribution is 7.12. The predicted octanol–water partition coefficient (Wildman–Crippen LogP) is 4.60. The summed E-state index contributed by atoms with van der Waals surface area (Å²) >= 11 is 1.65. The third-order valence-electron chi connectivity index (χ3n) is 3.48. The van der Waals surface area contributed by atoms with Crippen molar-refractivity contribution in [2.45, 2.75) is 33.6 Å². The van der Waals surface area contributed by atoms with Crippen molar-refractivity contribution in [2.24, 2.45) is 5.10 Å². The maximum absolute atomic E-state index is 12.2. The van der Waals surface area contributed by atoms with Gasteiger partial charge >= 0.3 is 6.18 Å². The van der Waals surface area contributed by atoms with Gasteiger partial charge in [-0.2, -0.15) is 18.3 Å². The van der Waals surface area contributed by atoms with Gasteiger partial charge in [0.05, 0.1) is 12.3 Å². The Morgan fingerprint density at radius 1 is 1.27 bits per heavy atom. The van der Waals surface area contributed by atoms with Crippen LogP contribution in [0.5, 0.6) is 0 Å². The molecule has 0 unspecified atom stereocenters. The van der Waals surface area contributed by atoms with Gasteiger partial charge in [0.15, 0.2) is 0 Å². The van der Waals surface area contributed by atoms with Crippen molar-refractivity contribution in [3.05, 3.63) is 56.8 Å². The molecule has 0 aliphatic carbocycles. The van der Waals surface area contributed by atoms with Crippen LogP contribution in [0.4, 0.5) is 13.2 Å². The third-order valence-corrected chi connectivity index (χ3v) is 4.45. The number of alkyl halides is 3. The van der Waals surface area contributed by atoms with Crippen LogP contribution in [0.1, 0.15) is 38.2 Å². The fourth-order valence-corrected chi connectivity index (χ4v) is 3.31. The Morgan fingerprint density at radius 2 is 2.00 bits per heavy atom. The molecule has 8 heteroatoms. The summed E-state index contributed by atoms with van der Waals surface area (Å²) in [5.41, 5.74) is 4.91. The Labute approximate surface area is 153 Å². The molecule has 1 N–H and O–H groups in total. The average Bonchev–Trinajstić information content (AvgIpc) is 2.90. The summed E-state index contributed by atoms with van der Waals surface area (Å²) < 4.78 is 40.9. The number of nitrogens with one attached hydrogen (secondary N) is 1. The van der Waals surface area contributed by atoms with Crippen LogP contribution in [-0.2, 0) is 11.3 Å². The monoisotopic (exact) mass is 384 g/mol. The highest BCUT2D eigenvalue weighted by Crippen LogP contribution is 2.21. The number of halogens is 3. The Morgan fingerprint density at radius 3 is 2.62 bits per heavy atom. The molecule has 0 aliphatic heterocycles. The molecule has 0 fully saturated rings. The highest BCUT2D eigenvalue weighted by Gasteiger charge is 2.27. The van der Waals surface area contributed by atoms with Crippen LogP contribution in [-0.4, -0.2) is 24.4 Å². The van der Waals surface area contributed by atoms with Gasteiger partial charge in [-0.3, -0.25) is 4.79 Å². The molecule has 0 aliphatic rings. The van der Waals surface area contributed by atoms with Crippen molar-refractivity contribution in [3.63, 3.8) is 0 Å². The molecule has 26 heavy (non-hydrogen) atoms. The first-order valence-electron chi connectivity index (χ1n) is 7.81. The van der Waals surface area contributed by atoms with E-state index in [1.807, 2.05) is 19.9 Å². The van der Waals surface area contributed by atoms with Gasteiger partial charge in [-0.05, 0) is 44.5 Å². The Kier molecular flexibility index (Phi) is 6.55. The van der Waals surface area contributed by atoms with Crippen molar-refractivity contribution < 1.29 is 22.7 Å². The quantitative estimate of drug-likeness (QED) is 0.585. The maximum Gasteiger partial charge on any atom is 0.411 e. The van der Waals surface area contributed by atoms with E-state index in [1.54, 1.807) is 36.5 Å². The largest absolute Gasteiger partial charge is 0.411 e. The van der Waals surface area contributed by atoms with E-state index in [4.69, 9.17) is 0 Å². The number of amides is 1.